The van der Waals surface area contributed by atoms with Gasteiger partial charge in [-0.15, -0.1) is 0 Å². The van der Waals surface area contributed by atoms with E-state index in [1.54, 1.807) is 0 Å². The first-order valence-electron chi connectivity index (χ1n) is 7.30. The number of aromatic nitrogens is 2. The molecule has 2 N–H and O–H groups in total. The van der Waals surface area contributed by atoms with Crippen LogP contribution in [-0.4, -0.2) is 21.0 Å². The lowest BCUT2D eigenvalue weighted by atomic mass is 9.81. The third-order valence-electron chi connectivity index (χ3n) is 4.96. The molecule has 2 aliphatic rings. The molecular formula is C15H22N2O2. The van der Waals surface area contributed by atoms with Crippen LogP contribution in [-0.2, 0) is 11.2 Å². The van der Waals surface area contributed by atoms with Crippen LogP contribution >= 0.6 is 0 Å². The summed E-state index contributed by atoms with van der Waals surface area (Å²) in [6.45, 7) is 4.59. The van der Waals surface area contributed by atoms with E-state index in [0.717, 1.165) is 42.9 Å². The Hall–Kier alpha value is -1.32. The van der Waals surface area contributed by atoms with Gasteiger partial charge in [-0.1, -0.05) is 20.3 Å². The first-order valence-corrected chi connectivity index (χ1v) is 7.30. The van der Waals surface area contributed by atoms with Crippen LogP contribution in [0, 0.1) is 5.41 Å². The van der Waals surface area contributed by atoms with Gasteiger partial charge in [0.2, 0.25) is 0 Å². The van der Waals surface area contributed by atoms with E-state index >= 15 is 0 Å². The average Bonchev–Trinajstić information content (AvgIpc) is 2.90. The number of carboxylic acids is 1. The molecule has 1 aromatic heterocycles. The van der Waals surface area contributed by atoms with Gasteiger partial charge in [-0.05, 0) is 37.5 Å². The summed E-state index contributed by atoms with van der Waals surface area (Å²) in [7, 11) is 0. The largest absolute Gasteiger partial charge is 0.481 e. The second-order valence-electron chi connectivity index (χ2n) is 6.70. The average molecular weight is 262 g/mol. The fourth-order valence-electron chi connectivity index (χ4n) is 3.78. The van der Waals surface area contributed by atoms with Gasteiger partial charge in [-0.25, -0.2) is 4.98 Å². The Morgan fingerprint density at radius 3 is 2.79 bits per heavy atom. The highest BCUT2D eigenvalue weighted by Gasteiger charge is 2.39. The minimum atomic E-state index is -0.732. The molecule has 4 heteroatoms. The van der Waals surface area contributed by atoms with E-state index in [1.165, 1.54) is 12.8 Å². The fraction of sp³-hybridized carbons (Fsp3) is 0.733. The van der Waals surface area contributed by atoms with Crippen LogP contribution < -0.4 is 0 Å². The number of aromatic amines is 1. The molecule has 0 amide bonds. The molecular weight excluding hydrogens is 240 g/mol. The van der Waals surface area contributed by atoms with Crippen molar-refractivity contribution < 1.29 is 9.90 Å². The second kappa shape index (κ2) is 4.36. The van der Waals surface area contributed by atoms with E-state index < -0.39 is 11.9 Å². The molecule has 2 aliphatic carbocycles. The number of imidazole rings is 1. The third-order valence-corrected chi connectivity index (χ3v) is 4.96. The predicted octanol–water partition coefficient (Wildman–Crippen LogP) is 3.21. The summed E-state index contributed by atoms with van der Waals surface area (Å²) in [4.78, 5) is 19.5. The molecule has 1 aromatic rings. The molecule has 0 aromatic carbocycles. The van der Waals surface area contributed by atoms with E-state index in [1.807, 2.05) is 0 Å². The van der Waals surface area contributed by atoms with Gasteiger partial charge >= 0.3 is 5.97 Å². The van der Waals surface area contributed by atoms with Crippen LogP contribution in [0.2, 0.25) is 0 Å². The smallest absolute Gasteiger partial charge is 0.312 e. The Bertz CT molecular complexity index is 504. The number of H-pyrrole nitrogens is 1. The van der Waals surface area contributed by atoms with E-state index in [0.29, 0.717) is 5.92 Å². The molecule has 0 spiro atoms. The lowest BCUT2D eigenvalue weighted by Gasteiger charge is -2.25. The third kappa shape index (κ3) is 2.07. The molecule has 3 rings (SSSR count). The quantitative estimate of drug-likeness (QED) is 0.860. The number of fused-ring (bicyclic) bond motifs is 1. The van der Waals surface area contributed by atoms with Crippen LogP contribution in [0.5, 0.6) is 0 Å². The maximum absolute atomic E-state index is 11.3. The van der Waals surface area contributed by atoms with Crippen molar-refractivity contribution in [2.45, 2.75) is 64.2 Å². The number of aryl methyl sites for hydroxylation is 1. The SMILES string of the molecule is CC1(C)CCCC1c1nc2c([nH]1)CCCC2C(=O)O. The van der Waals surface area contributed by atoms with E-state index in [4.69, 9.17) is 4.98 Å². The molecule has 104 valence electrons. The number of carbonyl (C=O) groups is 1. The lowest BCUT2D eigenvalue weighted by Crippen LogP contribution is -2.18. The first-order chi connectivity index (χ1) is 8.99. The number of nitrogens with one attached hydrogen (secondary N) is 1. The van der Waals surface area contributed by atoms with Gasteiger partial charge in [-0.3, -0.25) is 4.79 Å². The molecule has 0 aliphatic heterocycles. The first kappa shape index (κ1) is 12.7. The monoisotopic (exact) mass is 262 g/mol. The molecule has 19 heavy (non-hydrogen) atoms. The molecule has 0 bridgehead atoms. The Morgan fingerprint density at radius 1 is 1.37 bits per heavy atom. The van der Waals surface area contributed by atoms with Crippen molar-refractivity contribution in [1.82, 2.24) is 9.97 Å². The molecule has 1 heterocycles. The number of carboxylic acid groups (broad SMARTS) is 1. The van der Waals surface area contributed by atoms with Crippen LogP contribution in [0.1, 0.15) is 75.0 Å². The normalized spacial score (nSPS) is 29.2. The van der Waals surface area contributed by atoms with E-state index in [2.05, 4.69) is 18.8 Å². The van der Waals surface area contributed by atoms with Gasteiger partial charge in [0.15, 0.2) is 0 Å². The van der Waals surface area contributed by atoms with Crippen LogP contribution in [0.15, 0.2) is 0 Å². The van der Waals surface area contributed by atoms with Crippen molar-refractivity contribution in [2.24, 2.45) is 5.41 Å². The fourth-order valence-corrected chi connectivity index (χ4v) is 3.78. The summed E-state index contributed by atoms with van der Waals surface area (Å²) in [6.07, 6.45) is 6.24. The zero-order valence-corrected chi connectivity index (χ0v) is 11.7. The summed E-state index contributed by atoms with van der Waals surface area (Å²) >= 11 is 0. The van der Waals surface area contributed by atoms with Crippen molar-refractivity contribution >= 4 is 5.97 Å². The zero-order chi connectivity index (χ0) is 13.6. The van der Waals surface area contributed by atoms with Crippen LogP contribution in [0.25, 0.3) is 0 Å². The van der Waals surface area contributed by atoms with Gasteiger partial charge in [0.05, 0.1) is 5.69 Å². The van der Waals surface area contributed by atoms with Gasteiger partial charge in [0.25, 0.3) is 0 Å². The standard InChI is InChI=1S/C15H22N2O2/c1-15(2)8-4-6-10(15)13-16-11-7-3-5-9(14(18)19)12(11)17-13/h9-10H,3-8H2,1-2H3,(H,16,17)(H,18,19). The van der Waals surface area contributed by atoms with E-state index in [9.17, 15) is 9.90 Å². The molecule has 2 unspecified atom stereocenters. The Labute approximate surface area is 113 Å². The Kier molecular flexibility index (Phi) is 2.91. The lowest BCUT2D eigenvalue weighted by molar-refractivity contribution is -0.139. The highest BCUT2D eigenvalue weighted by Crippen LogP contribution is 2.48. The number of nitrogens with zero attached hydrogens (tertiary/aromatic N) is 1. The Balaban J connectivity index is 1.96. The summed E-state index contributed by atoms with van der Waals surface area (Å²) in [5, 5.41) is 9.31. The highest BCUT2D eigenvalue weighted by molar-refractivity contribution is 5.76. The van der Waals surface area contributed by atoms with Crippen LogP contribution in [0.4, 0.5) is 0 Å². The zero-order valence-electron chi connectivity index (χ0n) is 11.7. The van der Waals surface area contributed by atoms with Crippen molar-refractivity contribution in [3.05, 3.63) is 17.2 Å². The summed E-state index contributed by atoms with van der Waals surface area (Å²) in [5.41, 5.74) is 2.15. The van der Waals surface area contributed by atoms with Gasteiger partial charge in [0, 0.05) is 11.6 Å². The molecule has 1 fully saturated rings. The topological polar surface area (TPSA) is 66.0 Å². The highest BCUT2D eigenvalue weighted by atomic mass is 16.4. The number of rotatable bonds is 2. The number of hydrogen-bond donors (Lipinski definition) is 2. The maximum atomic E-state index is 11.3. The van der Waals surface area contributed by atoms with Crippen molar-refractivity contribution in [2.75, 3.05) is 0 Å². The van der Waals surface area contributed by atoms with Crippen molar-refractivity contribution in [1.29, 1.82) is 0 Å². The predicted molar refractivity (Wildman–Crippen MR) is 72.3 cm³/mol. The van der Waals surface area contributed by atoms with Crippen molar-refractivity contribution in [3.8, 4) is 0 Å². The maximum Gasteiger partial charge on any atom is 0.312 e. The van der Waals surface area contributed by atoms with Gasteiger partial charge in [0.1, 0.15) is 11.7 Å². The molecule has 0 radical (unpaired) electrons. The minimum Gasteiger partial charge on any atom is -0.481 e. The molecule has 2 atom stereocenters. The van der Waals surface area contributed by atoms with Crippen molar-refractivity contribution in [3.63, 3.8) is 0 Å². The number of hydrogen-bond acceptors (Lipinski definition) is 2. The summed E-state index contributed by atoms with van der Waals surface area (Å²) in [6, 6.07) is 0. The second-order valence-corrected chi connectivity index (χ2v) is 6.70. The van der Waals surface area contributed by atoms with Gasteiger partial charge in [-0.2, -0.15) is 0 Å². The molecule has 1 saturated carbocycles. The van der Waals surface area contributed by atoms with E-state index in [-0.39, 0.29) is 5.41 Å². The minimum absolute atomic E-state index is 0.277. The Morgan fingerprint density at radius 2 is 2.16 bits per heavy atom. The summed E-state index contributed by atoms with van der Waals surface area (Å²) in [5.74, 6) is 0.344. The summed E-state index contributed by atoms with van der Waals surface area (Å²) < 4.78 is 0. The molecule has 0 saturated heterocycles. The van der Waals surface area contributed by atoms with Gasteiger partial charge < -0.3 is 10.1 Å². The number of aliphatic carboxylic acids is 1. The van der Waals surface area contributed by atoms with Crippen LogP contribution in [0.3, 0.4) is 0 Å². The molecule has 4 nitrogen and oxygen atoms in total.